The van der Waals surface area contributed by atoms with Crippen LogP contribution in [0.5, 0.6) is 17.2 Å². The number of hydrogen-bond acceptors (Lipinski definition) is 6. The van der Waals surface area contributed by atoms with E-state index in [1.165, 1.54) is 33.5 Å². The number of sulfone groups is 1. The molecule has 0 fully saturated rings. The second-order valence-corrected chi connectivity index (χ2v) is 7.18. The molecule has 0 amide bonds. The van der Waals surface area contributed by atoms with Crippen molar-refractivity contribution in [3.8, 4) is 17.2 Å². The van der Waals surface area contributed by atoms with Gasteiger partial charge in [-0.05, 0) is 42.5 Å². The van der Waals surface area contributed by atoms with Crippen LogP contribution in [0.3, 0.4) is 0 Å². The van der Waals surface area contributed by atoms with Gasteiger partial charge in [0.25, 0.3) is 0 Å². The molecule has 2 rings (SSSR count). The molecule has 0 bridgehead atoms. The molecule has 0 aromatic heterocycles. The summed E-state index contributed by atoms with van der Waals surface area (Å²) in [6.07, 6.45) is 0. The highest BCUT2D eigenvalue weighted by molar-refractivity contribution is 7.91. The van der Waals surface area contributed by atoms with E-state index in [2.05, 4.69) is 0 Å². The van der Waals surface area contributed by atoms with E-state index < -0.39 is 15.1 Å². The summed E-state index contributed by atoms with van der Waals surface area (Å²) in [7, 11) is 0.818. The molecule has 0 saturated carbocycles. The largest absolute Gasteiger partial charge is 0.497 e. The van der Waals surface area contributed by atoms with Crippen LogP contribution in [0, 0.1) is 0 Å². The summed E-state index contributed by atoms with van der Waals surface area (Å²) in [5, 5.41) is -0.948. The van der Waals surface area contributed by atoms with Gasteiger partial charge in [0.2, 0.25) is 0 Å². The number of hydrogen-bond donors (Lipinski definition) is 1. The maximum Gasteiger partial charge on any atom is 0.186 e. The first-order chi connectivity index (χ1) is 11.5. The van der Waals surface area contributed by atoms with Crippen molar-refractivity contribution in [2.75, 3.05) is 27.9 Å². The second kappa shape index (κ2) is 7.55. The third kappa shape index (κ3) is 3.47. The normalized spacial score (nSPS) is 12.5. The second-order valence-electron chi connectivity index (χ2n) is 5.05. The van der Waals surface area contributed by atoms with Gasteiger partial charge in [0.05, 0.1) is 26.2 Å². The first-order valence-electron chi connectivity index (χ1n) is 7.27. The van der Waals surface area contributed by atoms with Crippen molar-refractivity contribution in [2.24, 2.45) is 5.73 Å². The molecule has 0 unspecified atom stereocenters. The topological polar surface area (TPSA) is 87.9 Å². The Morgan fingerprint density at radius 3 is 2.00 bits per heavy atom. The highest BCUT2D eigenvalue weighted by Crippen LogP contribution is 2.36. The van der Waals surface area contributed by atoms with Crippen LogP contribution in [0.15, 0.2) is 47.4 Å². The summed E-state index contributed by atoms with van der Waals surface area (Å²) in [5.41, 5.74) is 6.27. The number of ether oxygens (including phenoxy) is 3. The van der Waals surface area contributed by atoms with E-state index in [1.807, 2.05) is 0 Å². The minimum Gasteiger partial charge on any atom is -0.497 e. The molecule has 0 heterocycles. The van der Waals surface area contributed by atoms with Crippen LogP contribution in [0.1, 0.15) is 10.8 Å². The van der Waals surface area contributed by atoms with Gasteiger partial charge in [-0.3, -0.25) is 0 Å². The van der Waals surface area contributed by atoms with Crippen molar-refractivity contribution >= 4 is 9.84 Å². The first kappa shape index (κ1) is 18.1. The molecule has 0 radical (unpaired) electrons. The van der Waals surface area contributed by atoms with Crippen LogP contribution < -0.4 is 19.9 Å². The van der Waals surface area contributed by atoms with Gasteiger partial charge < -0.3 is 19.9 Å². The molecule has 2 aromatic carbocycles. The van der Waals surface area contributed by atoms with E-state index in [4.69, 9.17) is 19.9 Å². The highest BCUT2D eigenvalue weighted by Gasteiger charge is 2.30. The lowest BCUT2D eigenvalue weighted by Crippen LogP contribution is -2.23. The van der Waals surface area contributed by atoms with Crippen molar-refractivity contribution in [2.45, 2.75) is 10.1 Å². The highest BCUT2D eigenvalue weighted by atomic mass is 32.2. The Kier molecular flexibility index (Phi) is 5.69. The monoisotopic (exact) mass is 351 g/mol. The van der Waals surface area contributed by atoms with Gasteiger partial charge in [-0.15, -0.1) is 0 Å². The van der Waals surface area contributed by atoms with E-state index in [-0.39, 0.29) is 11.4 Å². The van der Waals surface area contributed by atoms with Crippen LogP contribution in [-0.4, -0.2) is 36.3 Å². The Hall–Kier alpha value is -2.25. The predicted octanol–water partition coefficient (Wildman–Crippen LogP) is 2.19. The van der Waals surface area contributed by atoms with Crippen molar-refractivity contribution in [3.05, 3.63) is 48.0 Å². The average molecular weight is 351 g/mol. The molecule has 0 aliphatic carbocycles. The summed E-state index contributed by atoms with van der Waals surface area (Å²) in [4.78, 5) is 0.170. The zero-order valence-electron chi connectivity index (χ0n) is 13.9. The van der Waals surface area contributed by atoms with Gasteiger partial charge in [-0.1, -0.05) is 0 Å². The number of benzene rings is 2. The molecular weight excluding hydrogens is 330 g/mol. The lowest BCUT2D eigenvalue weighted by Gasteiger charge is -2.20. The van der Waals surface area contributed by atoms with Gasteiger partial charge in [-0.2, -0.15) is 0 Å². The zero-order valence-corrected chi connectivity index (χ0v) is 14.7. The van der Waals surface area contributed by atoms with Crippen LogP contribution in [0.4, 0.5) is 0 Å². The van der Waals surface area contributed by atoms with Gasteiger partial charge in [0.15, 0.2) is 9.84 Å². The van der Waals surface area contributed by atoms with Crippen molar-refractivity contribution in [3.63, 3.8) is 0 Å². The molecule has 130 valence electrons. The number of nitrogens with two attached hydrogens (primary N) is 1. The number of rotatable bonds is 7. The van der Waals surface area contributed by atoms with E-state index in [1.54, 1.807) is 30.3 Å². The SMILES string of the molecule is COc1ccc(S(=O)(=O)[C@@H](CN)c2cc(OC)ccc2OC)cc1. The van der Waals surface area contributed by atoms with Gasteiger partial charge >= 0.3 is 0 Å². The van der Waals surface area contributed by atoms with Crippen LogP contribution in [0.2, 0.25) is 0 Å². The summed E-state index contributed by atoms with van der Waals surface area (Å²) >= 11 is 0. The first-order valence-corrected chi connectivity index (χ1v) is 8.82. The maximum absolute atomic E-state index is 13.0. The molecule has 0 spiro atoms. The standard InChI is InChI=1S/C17H21NO5S/c1-21-12-4-7-14(8-5-12)24(19,20)17(11-18)15-10-13(22-2)6-9-16(15)23-3/h4-10,17H,11,18H2,1-3H3/t17-/m0/s1. The van der Waals surface area contributed by atoms with E-state index in [9.17, 15) is 8.42 Å². The Balaban J connectivity index is 2.53. The fourth-order valence-corrected chi connectivity index (χ4v) is 4.06. The molecule has 1 atom stereocenters. The molecule has 6 nitrogen and oxygen atoms in total. The van der Waals surface area contributed by atoms with Crippen LogP contribution in [-0.2, 0) is 9.84 Å². The quantitative estimate of drug-likeness (QED) is 0.823. The van der Waals surface area contributed by atoms with Crippen molar-refractivity contribution < 1.29 is 22.6 Å². The minimum atomic E-state index is -3.70. The van der Waals surface area contributed by atoms with Crippen LogP contribution in [0.25, 0.3) is 0 Å². The van der Waals surface area contributed by atoms with E-state index in [0.717, 1.165) is 0 Å². The minimum absolute atomic E-state index is 0.0854. The fraction of sp³-hybridized carbons (Fsp3) is 0.294. The van der Waals surface area contributed by atoms with Crippen molar-refractivity contribution in [1.29, 1.82) is 0 Å². The summed E-state index contributed by atoms with van der Waals surface area (Å²) in [6, 6.07) is 11.2. The van der Waals surface area contributed by atoms with E-state index in [0.29, 0.717) is 22.8 Å². The molecule has 2 aromatic rings. The average Bonchev–Trinajstić information content (AvgIpc) is 2.62. The summed E-state index contributed by atoms with van der Waals surface area (Å²) in [5.74, 6) is 1.56. The third-order valence-electron chi connectivity index (χ3n) is 3.76. The predicted molar refractivity (Wildman–Crippen MR) is 91.5 cm³/mol. The molecule has 2 N–H and O–H groups in total. The fourth-order valence-electron chi connectivity index (χ4n) is 2.44. The molecule has 0 aliphatic rings. The maximum atomic E-state index is 13.0. The smallest absolute Gasteiger partial charge is 0.186 e. The molecular formula is C17H21NO5S. The lowest BCUT2D eigenvalue weighted by atomic mass is 10.1. The molecule has 0 aliphatic heterocycles. The molecule has 0 saturated heterocycles. The summed E-state index contributed by atoms with van der Waals surface area (Å²) in [6.45, 7) is -0.0854. The number of methoxy groups -OCH3 is 3. The zero-order chi connectivity index (χ0) is 17.7. The Morgan fingerprint density at radius 2 is 1.50 bits per heavy atom. The van der Waals surface area contributed by atoms with Gasteiger partial charge in [0, 0.05) is 12.1 Å². The molecule has 7 heteroatoms. The molecule has 24 heavy (non-hydrogen) atoms. The van der Waals surface area contributed by atoms with Gasteiger partial charge in [0.1, 0.15) is 22.5 Å². The van der Waals surface area contributed by atoms with Crippen molar-refractivity contribution in [1.82, 2.24) is 0 Å². The Labute approximate surface area is 142 Å². The Bertz CT molecular complexity index is 787. The summed E-state index contributed by atoms with van der Waals surface area (Å²) < 4.78 is 41.6. The lowest BCUT2D eigenvalue weighted by molar-refractivity contribution is 0.398. The van der Waals surface area contributed by atoms with E-state index >= 15 is 0 Å². The van der Waals surface area contributed by atoms with Gasteiger partial charge in [-0.25, -0.2) is 8.42 Å². The van der Waals surface area contributed by atoms with Crippen LogP contribution >= 0.6 is 0 Å². The third-order valence-corrected chi connectivity index (χ3v) is 5.89. The Morgan fingerprint density at radius 1 is 0.917 bits per heavy atom.